The van der Waals surface area contributed by atoms with Crippen LogP contribution in [0, 0.1) is 10.1 Å². The number of pyridine rings is 1. The molecule has 104 valence electrons. The van der Waals surface area contributed by atoms with Crippen LogP contribution >= 0.6 is 11.6 Å². The summed E-state index contributed by atoms with van der Waals surface area (Å²) in [5.41, 5.74) is -0.240. The molecule has 1 aromatic rings. The number of nitro groups is 1. The molecular weight excluding hydrogens is 274 g/mol. The third kappa shape index (κ3) is 4.36. The number of aromatic nitrogens is 1. The molecule has 19 heavy (non-hydrogen) atoms. The number of carboxylic acids is 1. The number of unbranched alkanes of at least 4 members (excludes halogenated alkanes) is 1. The van der Waals surface area contributed by atoms with Gasteiger partial charge in [0.05, 0.1) is 9.95 Å². The number of carbonyl (C=O) groups is 1. The summed E-state index contributed by atoms with van der Waals surface area (Å²) in [6, 6.07) is 0.321. The molecule has 1 aromatic heterocycles. The van der Waals surface area contributed by atoms with Crippen molar-refractivity contribution in [2.45, 2.75) is 32.2 Å². The van der Waals surface area contributed by atoms with Crippen LogP contribution < -0.4 is 5.32 Å². The summed E-state index contributed by atoms with van der Waals surface area (Å²) in [5.74, 6) is -0.875. The van der Waals surface area contributed by atoms with Crippen LogP contribution in [-0.4, -0.2) is 27.0 Å². The molecule has 1 atom stereocenters. The summed E-state index contributed by atoms with van der Waals surface area (Å²) >= 11 is 5.83. The monoisotopic (exact) mass is 287 g/mol. The van der Waals surface area contributed by atoms with E-state index >= 15 is 0 Å². The molecule has 0 saturated carbocycles. The van der Waals surface area contributed by atoms with Gasteiger partial charge in [-0.05, 0) is 6.42 Å². The minimum absolute atomic E-state index is 0.0250. The molecule has 0 bridgehead atoms. The molecule has 0 aromatic carbocycles. The van der Waals surface area contributed by atoms with Gasteiger partial charge in [0.15, 0.2) is 0 Å². The van der Waals surface area contributed by atoms with Gasteiger partial charge in [0, 0.05) is 6.07 Å². The first kappa shape index (κ1) is 15.2. The van der Waals surface area contributed by atoms with Crippen LogP contribution in [-0.2, 0) is 4.79 Å². The number of aliphatic carboxylic acids is 1. The highest BCUT2D eigenvalue weighted by Gasteiger charge is 2.19. The van der Waals surface area contributed by atoms with Crippen LogP contribution in [0.3, 0.4) is 0 Å². The first-order valence-electron chi connectivity index (χ1n) is 5.75. The van der Waals surface area contributed by atoms with Crippen LogP contribution in [0.5, 0.6) is 0 Å². The van der Waals surface area contributed by atoms with Gasteiger partial charge in [-0.25, -0.2) is 9.78 Å². The van der Waals surface area contributed by atoms with E-state index in [0.717, 1.165) is 25.1 Å². The van der Waals surface area contributed by atoms with Crippen LogP contribution in [0.15, 0.2) is 12.3 Å². The molecular formula is C11H14ClN3O4. The second kappa shape index (κ2) is 6.89. The van der Waals surface area contributed by atoms with E-state index < -0.39 is 16.9 Å². The molecule has 0 fully saturated rings. The number of nitrogens with one attached hydrogen (secondary N) is 1. The van der Waals surface area contributed by atoms with Crippen LogP contribution in [0.25, 0.3) is 0 Å². The van der Waals surface area contributed by atoms with Crippen molar-refractivity contribution in [3.05, 3.63) is 27.4 Å². The average Bonchev–Trinajstić information content (AvgIpc) is 2.35. The summed E-state index contributed by atoms with van der Waals surface area (Å²) < 4.78 is 0. The molecule has 0 radical (unpaired) electrons. The summed E-state index contributed by atoms with van der Waals surface area (Å²) in [6.07, 6.45) is 3.08. The molecule has 1 heterocycles. The molecule has 0 amide bonds. The lowest BCUT2D eigenvalue weighted by atomic mass is 10.1. The van der Waals surface area contributed by atoms with Crippen molar-refractivity contribution in [1.29, 1.82) is 0 Å². The lowest BCUT2D eigenvalue weighted by Crippen LogP contribution is -2.29. The largest absolute Gasteiger partial charge is 0.480 e. The fraction of sp³-hybridized carbons (Fsp3) is 0.455. The fourth-order valence-electron chi connectivity index (χ4n) is 1.46. The smallest absolute Gasteiger partial charge is 0.326 e. The molecule has 0 aliphatic rings. The van der Waals surface area contributed by atoms with Crippen molar-refractivity contribution in [3.8, 4) is 0 Å². The Morgan fingerprint density at radius 1 is 1.68 bits per heavy atom. The third-order valence-corrected chi connectivity index (χ3v) is 2.78. The zero-order valence-electron chi connectivity index (χ0n) is 10.3. The molecule has 0 aliphatic carbocycles. The molecule has 0 unspecified atom stereocenters. The van der Waals surface area contributed by atoms with Gasteiger partial charge in [0.25, 0.3) is 5.69 Å². The second-order valence-electron chi connectivity index (χ2n) is 3.96. The Balaban J connectivity index is 2.84. The van der Waals surface area contributed by atoms with Crippen molar-refractivity contribution >= 4 is 29.1 Å². The summed E-state index contributed by atoms with van der Waals surface area (Å²) in [4.78, 5) is 24.7. The van der Waals surface area contributed by atoms with E-state index in [1.165, 1.54) is 0 Å². The van der Waals surface area contributed by atoms with E-state index in [4.69, 9.17) is 16.7 Å². The predicted octanol–water partition coefficient (Wildman–Crippen LogP) is 2.70. The number of rotatable bonds is 7. The minimum Gasteiger partial charge on any atom is -0.480 e. The van der Waals surface area contributed by atoms with Crippen LogP contribution in [0.1, 0.15) is 26.2 Å². The number of nitrogens with zero attached hydrogens (tertiary/aromatic N) is 2. The summed E-state index contributed by atoms with van der Waals surface area (Å²) in [5, 5.41) is 22.3. The zero-order chi connectivity index (χ0) is 14.4. The Morgan fingerprint density at radius 3 is 2.84 bits per heavy atom. The van der Waals surface area contributed by atoms with Gasteiger partial charge in [-0.1, -0.05) is 31.4 Å². The van der Waals surface area contributed by atoms with E-state index in [0.29, 0.717) is 6.42 Å². The number of anilines is 1. The Hall–Kier alpha value is -1.89. The highest BCUT2D eigenvalue weighted by Crippen LogP contribution is 2.24. The summed E-state index contributed by atoms with van der Waals surface area (Å²) in [6.45, 7) is 1.95. The zero-order valence-corrected chi connectivity index (χ0v) is 11.1. The Morgan fingerprint density at radius 2 is 2.37 bits per heavy atom. The maximum Gasteiger partial charge on any atom is 0.326 e. The van der Waals surface area contributed by atoms with Crippen molar-refractivity contribution < 1.29 is 14.8 Å². The van der Waals surface area contributed by atoms with Gasteiger partial charge < -0.3 is 10.4 Å². The van der Waals surface area contributed by atoms with Gasteiger partial charge in [0.2, 0.25) is 0 Å². The maximum atomic E-state index is 11.1. The van der Waals surface area contributed by atoms with E-state index in [1.54, 1.807) is 0 Å². The fourth-order valence-corrected chi connectivity index (χ4v) is 1.68. The standard InChI is InChI=1S/C11H14ClN3O4/c1-2-3-4-9(11(16)17)14-10-8(12)5-7(6-13-10)15(18)19/h5-6,9H,2-4H2,1H3,(H,13,14)(H,16,17)/t9-/m0/s1. The topological polar surface area (TPSA) is 105 Å². The molecule has 0 saturated heterocycles. The molecule has 8 heteroatoms. The highest BCUT2D eigenvalue weighted by atomic mass is 35.5. The van der Waals surface area contributed by atoms with E-state index in [2.05, 4.69) is 10.3 Å². The Bertz CT molecular complexity index is 481. The quantitative estimate of drug-likeness (QED) is 0.590. The first-order valence-corrected chi connectivity index (χ1v) is 6.12. The van der Waals surface area contributed by atoms with Gasteiger partial charge in [0.1, 0.15) is 18.1 Å². The number of hydrogen-bond donors (Lipinski definition) is 2. The molecule has 1 rings (SSSR count). The van der Waals surface area contributed by atoms with Crippen LogP contribution in [0.4, 0.5) is 11.5 Å². The second-order valence-corrected chi connectivity index (χ2v) is 4.37. The van der Waals surface area contributed by atoms with E-state index in [1.807, 2.05) is 6.92 Å². The van der Waals surface area contributed by atoms with Gasteiger partial charge in [-0.15, -0.1) is 0 Å². The number of hydrogen-bond acceptors (Lipinski definition) is 5. The van der Waals surface area contributed by atoms with Crippen LogP contribution in [0.2, 0.25) is 5.02 Å². The Kier molecular flexibility index (Phi) is 5.50. The number of halogens is 1. The van der Waals surface area contributed by atoms with Crippen molar-refractivity contribution in [3.63, 3.8) is 0 Å². The van der Waals surface area contributed by atoms with Crippen molar-refractivity contribution in [2.75, 3.05) is 5.32 Å². The normalized spacial score (nSPS) is 11.9. The number of carboxylic acid groups (broad SMARTS) is 1. The predicted molar refractivity (Wildman–Crippen MR) is 70.5 cm³/mol. The minimum atomic E-state index is -1.01. The van der Waals surface area contributed by atoms with Gasteiger partial charge in [-0.2, -0.15) is 0 Å². The average molecular weight is 288 g/mol. The lowest BCUT2D eigenvalue weighted by Gasteiger charge is -2.15. The molecule has 0 aliphatic heterocycles. The summed E-state index contributed by atoms with van der Waals surface area (Å²) in [7, 11) is 0. The van der Waals surface area contributed by atoms with E-state index in [-0.39, 0.29) is 16.5 Å². The van der Waals surface area contributed by atoms with Crippen molar-refractivity contribution in [2.24, 2.45) is 0 Å². The third-order valence-electron chi connectivity index (χ3n) is 2.49. The first-order chi connectivity index (χ1) is 8.95. The molecule has 7 nitrogen and oxygen atoms in total. The highest BCUT2D eigenvalue weighted by molar-refractivity contribution is 6.33. The molecule has 0 spiro atoms. The van der Waals surface area contributed by atoms with Crippen molar-refractivity contribution in [1.82, 2.24) is 4.98 Å². The molecule has 2 N–H and O–H groups in total. The lowest BCUT2D eigenvalue weighted by molar-refractivity contribution is -0.385. The van der Waals surface area contributed by atoms with Gasteiger partial charge in [-0.3, -0.25) is 10.1 Å². The maximum absolute atomic E-state index is 11.1. The SMILES string of the molecule is CCCC[C@H](Nc1ncc([N+](=O)[O-])cc1Cl)C(=O)O. The Labute approximate surface area is 114 Å². The van der Waals surface area contributed by atoms with Gasteiger partial charge >= 0.3 is 5.97 Å². The van der Waals surface area contributed by atoms with E-state index in [9.17, 15) is 14.9 Å².